The molecule has 0 aliphatic carbocycles. The van der Waals surface area contributed by atoms with Crippen molar-refractivity contribution in [1.29, 1.82) is 0 Å². The van der Waals surface area contributed by atoms with E-state index < -0.39 is 0 Å². The van der Waals surface area contributed by atoms with Crippen LogP contribution < -0.4 is 5.32 Å². The van der Waals surface area contributed by atoms with Crippen LogP contribution in [0.3, 0.4) is 0 Å². The number of piperidine rings is 1. The Hall–Kier alpha value is -1.33. The van der Waals surface area contributed by atoms with Gasteiger partial charge in [0.05, 0.1) is 11.2 Å². The van der Waals surface area contributed by atoms with Crippen LogP contribution in [0, 0.1) is 0 Å². The molecule has 1 aliphatic rings. The van der Waals surface area contributed by atoms with Gasteiger partial charge >= 0.3 is 0 Å². The standard InChI is InChI=1S/C16H21N3OS/c1-2-16(9-6-10-17-12-16)15-18-14(19-20-15)11-21-13-7-4-3-5-8-13/h3-5,7-8,17H,2,6,9-12H2,1H3. The number of hydrogen-bond acceptors (Lipinski definition) is 5. The van der Waals surface area contributed by atoms with Gasteiger partial charge < -0.3 is 9.84 Å². The number of nitrogens with one attached hydrogen (secondary N) is 1. The first kappa shape index (κ1) is 14.6. The van der Waals surface area contributed by atoms with Crippen molar-refractivity contribution in [3.05, 3.63) is 42.0 Å². The highest BCUT2D eigenvalue weighted by atomic mass is 32.2. The molecule has 3 rings (SSSR count). The largest absolute Gasteiger partial charge is 0.339 e. The van der Waals surface area contributed by atoms with Gasteiger partial charge in [-0.25, -0.2) is 0 Å². The molecular weight excluding hydrogens is 282 g/mol. The molecule has 1 aliphatic heterocycles. The van der Waals surface area contributed by atoms with Crippen LogP contribution >= 0.6 is 11.8 Å². The van der Waals surface area contributed by atoms with Gasteiger partial charge in [-0.15, -0.1) is 11.8 Å². The van der Waals surface area contributed by atoms with E-state index in [1.54, 1.807) is 11.8 Å². The molecule has 0 radical (unpaired) electrons. The van der Waals surface area contributed by atoms with Crippen LogP contribution in [-0.2, 0) is 11.2 Å². The molecule has 1 unspecified atom stereocenters. The highest BCUT2D eigenvalue weighted by Gasteiger charge is 2.37. The molecule has 1 N–H and O–H groups in total. The fraction of sp³-hybridized carbons (Fsp3) is 0.500. The number of thioether (sulfide) groups is 1. The van der Waals surface area contributed by atoms with Crippen molar-refractivity contribution in [2.75, 3.05) is 13.1 Å². The van der Waals surface area contributed by atoms with Crippen molar-refractivity contribution in [2.24, 2.45) is 0 Å². The van der Waals surface area contributed by atoms with Crippen LogP contribution in [0.1, 0.15) is 37.9 Å². The highest BCUT2D eigenvalue weighted by molar-refractivity contribution is 7.98. The van der Waals surface area contributed by atoms with E-state index in [1.807, 2.05) is 18.2 Å². The smallest absolute Gasteiger partial charge is 0.234 e. The lowest BCUT2D eigenvalue weighted by Gasteiger charge is -2.33. The Morgan fingerprint density at radius 3 is 2.90 bits per heavy atom. The maximum absolute atomic E-state index is 5.57. The van der Waals surface area contributed by atoms with Gasteiger partial charge in [0.2, 0.25) is 5.89 Å². The average Bonchev–Trinajstić information content (AvgIpc) is 3.04. The molecule has 4 nitrogen and oxygen atoms in total. The Morgan fingerprint density at radius 1 is 1.33 bits per heavy atom. The summed E-state index contributed by atoms with van der Waals surface area (Å²) in [6.45, 7) is 4.24. The molecule has 0 spiro atoms. The molecule has 5 heteroatoms. The monoisotopic (exact) mass is 303 g/mol. The van der Waals surface area contributed by atoms with Gasteiger partial charge in [-0.3, -0.25) is 0 Å². The average molecular weight is 303 g/mol. The Morgan fingerprint density at radius 2 is 2.19 bits per heavy atom. The maximum Gasteiger partial charge on any atom is 0.234 e. The minimum atomic E-state index is 0.0287. The van der Waals surface area contributed by atoms with E-state index in [0.29, 0.717) is 0 Å². The van der Waals surface area contributed by atoms with Gasteiger partial charge in [0.15, 0.2) is 5.82 Å². The van der Waals surface area contributed by atoms with Crippen LogP contribution in [0.2, 0.25) is 0 Å². The second-order valence-electron chi connectivity index (χ2n) is 5.53. The van der Waals surface area contributed by atoms with Crippen LogP contribution in [0.5, 0.6) is 0 Å². The molecule has 0 amide bonds. The second-order valence-corrected chi connectivity index (χ2v) is 6.58. The van der Waals surface area contributed by atoms with Gasteiger partial charge in [0.1, 0.15) is 0 Å². The van der Waals surface area contributed by atoms with Gasteiger partial charge in [-0.05, 0) is 37.9 Å². The quantitative estimate of drug-likeness (QED) is 0.858. The number of nitrogens with zero attached hydrogens (tertiary/aromatic N) is 2. The summed E-state index contributed by atoms with van der Waals surface area (Å²) in [5.74, 6) is 2.35. The second kappa shape index (κ2) is 6.62. The summed E-state index contributed by atoms with van der Waals surface area (Å²) in [7, 11) is 0. The number of rotatable bonds is 5. The molecule has 1 aromatic carbocycles. The van der Waals surface area contributed by atoms with Crippen molar-refractivity contribution < 1.29 is 4.52 Å². The zero-order valence-electron chi connectivity index (χ0n) is 12.3. The predicted octanol–water partition coefficient (Wildman–Crippen LogP) is 3.39. The minimum Gasteiger partial charge on any atom is -0.339 e. The van der Waals surface area contributed by atoms with Crippen LogP contribution in [0.15, 0.2) is 39.8 Å². The van der Waals surface area contributed by atoms with E-state index in [9.17, 15) is 0 Å². The molecule has 112 valence electrons. The summed E-state index contributed by atoms with van der Waals surface area (Å²) in [4.78, 5) is 5.88. The Labute approximate surface area is 129 Å². The van der Waals surface area contributed by atoms with Crippen LogP contribution in [-0.4, -0.2) is 23.2 Å². The van der Waals surface area contributed by atoms with Gasteiger partial charge in [0, 0.05) is 11.4 Å². The Bertz CT molecular complexity index is 564. The lowest BCUT2D eigenvalue weighted by Crippen LogP contribution is -2.43. The minimum absolute atomic E-state index is 0.0287. The van der Waals surface area contributed by atoms with Crippen molar-refractivity contribution in [3.8, 4) is 0 Å². The van der Waals surface area contributed by atoms with Crippen molar-refractivity contribution in [3.63, 3.8) is 0 Å². The summed E-state index contributed by atoms with van der Waals surface area (Å²) in [5.41, 5.74) is 0.0287. The molecule has 1 atom stereocenters. The van der Waals surface area contributed by atoms with E-state index in [4.69, 9.17) is 4.52 Å². The molecule has 1 saturated heterocycles. The summed E-state index contributed by atoms with van der Waals surface area (Å²) in [6, 6.07) is 10.3. The first-order valence-corrected chi connectivity index (χ1v) is 8.53. The molecule has 1 fully saturated rings. The third kappa shape index (κ3) is 3.30. The Balaban J connectivity index is 1.68. The van der Waals surface area contributed by atoms with Gasteiger partial charge in [-0.2, -0.15) is 4.98 Å². The molecule has 21 heavy (non-hydrogen) atoms. The number of benzene rings is 1. The summed E-state index contributed by atoms with van der Waals surface area (Å²) >= 11 is 1.74. The number of hydrogen-bond donors (Lipinski definition) is 1. The zero-order valence-corrected chi connectivity index (χ0v) is 13.2. The Kier molecular flexibility index (Phi) is 4.60. The third-order valence-corrected chi connectivity index (χ3v) is 5.19. The zero-order chi connectivity index (χ0) is 14.5. The normalized spacial score (nSPS) is 22.3. The molecular formula is C16H21N3OS. The molecule has 2 aromatic rings. The van der Waals surface area contributed by atoms with Crippen molar-refractivity contribution in [1.82, 2.24) is 15.5 Å². The highest BCUT2D eigenvalue weighted by Crippen LogP contribution is 2.33. The van der Waals surface area contributed by atoms with E-state index in [0.717, 1.165) is 43.4 Å². The summed E-state index contributed by atoms with van der Waals surface area (Å²) in [6.07, 6.45) is 3.34. The van der Waals surface area contributed by atoms with Crippen molar-refractivity contribution >= 4 is 11.8 Å². The SMILES string of the molecule is CCC1(c2nc(CSc3ccccc3)no2)CCCNC1. The van der Waals surface area contributed by atoms with Crippen LogP contribution in [0.25, 0.3) is 0 Å². The van der Waals surface area contributed by atoms with E-state index in [2.05, 4.69) is 34.5 Å². The van der Waals surface area contributed by atoms with Crippen molar-refractivity contribution in [2.45, 2.75) is 42.2 Å². The third-order valence-electron chi connectivity index (χ3n) is 4.18. The molecule has 1 aromatic heterocycles. The number of aromatic nitrogens is 2. The lowest BCUT2D eigenvalue weighted by atomic mass is 9.78. The molecule has 0 saturated carbocycles. The maximum atomic E-state index is 5.57. The van der Waals surface area contributed by atoms with E-state index >= 15 is 0 Å². The topological polar surface area (TPSA) is 51.0 Å². The molecule has 2 heterocycles. The van der Waals surface area contributed by atoms with E-state index in [-0.39, 0.29) is 5.41 Å². The predicted molar refractivity (Wildman–Crippen MR) is 84.4 cm³/mol. The fourth-order valence-electron chi connectivity index (χ4n) is 2.80. The molecule has 0 bridgehead atoms. The first-order chi connectivity index (χ1) is 10.3. The van der Waals surface area contributed by atoms with Gasteiger partial charge in [-0.1, -0.05) is 30.3 Å². The lowest BCUT2D eigenvalue weighted by molar-refractivity contribution is 0.220. The van der Waals surface area contributed by atoms with E-state index in [1.165, 1.54) is 11.3 Å². The fourth-order valence-corrected chi connectivity index (χ4v) is 3.56. The van der Waals surface area contributed by atoms with Crippen LogP contribution in [0.4, 0.5) is 0 Å². The summed E-state index contributed by atoms with van der Waals surface area (Å²) in [5, 5.41) is 7.62. The van der Waals surface area contributed by atoms with Gasteiger partial charge in [0.25, 0.3) is 0 Å². The first-order valence-electron chi connectivity index (χ1n) is 7.54. The summed E-state index contributed by atoms with van der Waals surface area (Å²) < 4.78 is 5.57.